The molecule has 0 saturated carbocycles. The molecule has 2 rings (SSSR count). The zero-order chi connectivity index (χ0) is 14.4. The van der Waals surface area contributed by atoms with Crippen molar-refractivity contribution in [2.45, 2.75) is 32.2 Å². The van der Waals surface area contributed by atoms with Gasteiger partial charge in [-0.2, -0.15) is 0 Å². The van der Waals surface area contributed by atoms with Gasteiger partial charge in [-0.05, 0) is 69.6 Å². The van der Waals surface area contributed by atoms with Gasteiger partial charge in [0.15, 0.2) is 0 Å². The Labute approximate surface area is 123 Å². The van der Waals surface area contributed by atoms with Crippen LogP contribution in [0.5, 0.6) is 5.75 Å². The van der Waals surface area contributed by atoms with Crippen molar-refractivity contribution in [2.75, 3.05) is 33.8 Å². The molecule has 3 nitrogen and oxygen atoms in total. The van der Waals surface area contributed by atoms with Crippen LogP contribution < -0.4 is 10.1 Å². The maximum absolute atomic E-state index is 5.38. The lowest BCUT2D eigenvalue weighted by atomic mass is 9.85. The van der Waals surface area contributed by atoms with Gasteiger partial charge < -0.3 is 10.1 Å². The summed E-state index contributed by atoms with van der Waals surface area (Å²) in [5.41, 5.74) is 1.38. The molecule has 1 heterocycles. The molecule has 1 N–H and O–H groups in total. The smallest absolute Gasteiger partial charge is 0.119 e. The van der Waals surface area contributed by atoms with Crippen molar-refractivity contribution in [3.63, 3.8) is 0 Å². The van der Waals surface area contributed by atoms with Gasteiger partial charge in [0.2, 0.25) is 0 Å². The summed E-state index contributed by atoms with van der Waals surface area (Å²) in [6.45, 7) is 5.64. The molecule has 0 spiro atoms. The Balaban J connectivity index is 2.13. The minimum Gasteiger partial charge on any atom is -0.497 e. The molecule has 20 heavy (non-hydrogen) atoms. The molecule has 0 aliphatic carbocycles. The van der Waals surface area contributed by atoms with E-state index in [1.165, 1.54) is 31.4 Å². The van der Waals surface area contributed by atoms with Crippen LogP contribution in [-0.4, -0.2) is 38.7 Å². The first-order valence-corrected chi connectivity index (χ1v) is 7.81. The van der Waals surface area contributed by atoms with Gasteiger partial charge in [-0.1, -0.05) is 19.1 Å². The molecule has 1 aliphatic rings. The quantitative estimate of drug-likeness (QED) is 0.808. The lowest BCUT2D eigenvalue weighted by molar-refractivity contribution is 0.119. The molecule has 1 fully saturated rings. The second-order valence-electron chi connectivity index (χ2n) is 5.81. The van der Waals surface area contributed by atoms with Crippen LogP contribution in [0.4, 0.5) is 0 Å². The molecule has 3 heteroatoms. The first kappa shape index (κ1) is 15.3. The number of piperidine rings is 1. The minimum absolute atomic E-state index is 0.503. The van der Waals surface area contributed by atoms with Crippen LogP contribution in [0.2, 0.25) is 0 Å². The third kappa shape index (κ3) is 3.74. The van der Waals surface area contributed by atoms with Crippen LogP contribution in [-0.2, 0) is 0 Å². The number of nitrogens with zero attached hydrogens (tertiary/aromatic N) is 1. The predicted molar refractivity (Wildman–Crippen MR) is 84.2 cm³/mol. The molecule has 1 saturated heterocycles. The number of benzene rings is 1. The number of likely N-dealkylation sites (tertiary alicyclic amines) is 1. The maximum atomic E-state index is 5.38. The molecule has 112 valence electrons. The van der Waals surface area contributed by atoms with E-state index in [2.05, 4.69) is 42.4 Å². The molecular formula is C17H28N2O. The standard InChI is InChI=1S/C17H28N2O/c1-4-10-18-13-15-8-6-11-19(2)17(15)14-7-5-9-16(12-14)20-3/h5,7,9,12,15,17-18H,4,6,8,10-11,13H2,1-3H3. The molecule has 0 radical (unpaired) electrons. The number of hydrogen-bond acceptors (Lipinski definition) is 3. The summed E-state index contributed by atoms with van der Waals surface area (Å²) in [6, 6.07) is 9.06. The fourth-order valence-corrected chi connectivity index (χ4v) is 3.29. The van der Waals surface area contributed by atoms with Crippen LogP contribution in [0.25, 0.3) is 0 Å². The van der Waals surface area contributed by atoms with Crippen LogP contribution >= 0.6 is 0 Å². The van der Waals surface area contributed by atoms with Gasteiger partial charge in [0.1, 0.15) is 5.75 Å². The van der Waals surface area contributed by atoms with Crippen molar-refractivity contribution in [2.24, 2.45) is 5.92 Å². The minimum atomic E-state index is 0.503. The van der Waals surface area contributed by atoms with E-state index in [9.17, 15) is 0 Å². The van der Waals surface area contributed by atoms with Crippen LogP contribution in [0.1, 0.15) is 37.8 Å². The zero-order valence-corrected chi connectivity index (χ0v) is 13.1. The monoisotopic (exact) mass is 276 g/mol. The van der Waals surface area contributed by atoms with E-state index in [4.69, 9.17) is 4.74 Å². The lowest BCUT2D eigenvalue weighted by Crippen LogP contribution is -2.40. The summed E-state index contributed by atoms with van der Waals surface area (Å²) in [5.74, 6) is 1.65. The number of methoxy groups -OCH3 is 1. The summed E-state index contributed by atoms with van der Waals surface area (Å²) < 4.78 is 5.38. The first-order valence-electron chi connectivity index (χ1n) is 7.81. The summed E-state index contributed by atoms with van der Waals surface area (Å²) in [6.07, 6.45) is 3.81. The molecule has 0 aromatic heterocycles. The van der Waals surface area contributed by atoms with E-state index >= 15 is 0 Å². The van der Waals surface area contributed by atoms with Crippen molar-refractivity contribution in [1.29, 1.82) is 0 Å². The number of ether oxygens (including phenoxy) is 1. The number of hydrogen-bond donors (Lipinski definition) is 1. The largest absolute Gasteiger partial charge is 0.497 e. The summed E-state index contributed by atoms with van der Waals surface area (Å²) >= 11 is 0. The van der Waals surface area contributed by atoms with Crippen LogP contribution in [0.15, 0.2) is 24.3 Å². The molecule has 2 atom stereocenters. The van der Waals surface area contributed by atoms with Gasteiger partial charge in [0.25, 0.3) is 0 Å². The molecule has 1 aromatic rings. The molecule has 1 aliphatic heterocycles. The Hall–Kier alpha value is -1.06. The van der Waals surface area contributed by atoms with Crippen molar-refractivity contribution >= 4 is 0 Å². The Morgan fingerprint density at radius 3 is 3.00 bits per heavy atom. The summed E-state index contributed by atoms with van der Waals surface area (Å²) in [7, 11) is 3.99. The van der Waals surface area contributed by atoms with Gasteiger partial charge in [-0.25, -0.2) is 0 Å². The maximum Gasteiger partial charge on any atom is 0.119 e. The average molecular weight is 276 g/mol. The Morgan fingerprint density at radius 2 is 2.25 bits per heavy atom. The zero-order valence-electron chi connectivity index (χ0n) is 13.1. The Morgan fingerprint density at radius 1 is 1.40 bits per heavy atom. The molecule has 0 amide bonds. The van der Waals surface area contributed by atoms with E-state index < -0.39 is 0 Å². The predicted octanol–water partition coefficient (Wildman–Crippen LogP) is 3.08. The number of rotatable bonds is 6. The first-order chi connectivity index (χ1) is 9.76. The topological polar surface area (TPSA) is 24.5 Å². The third-order valence-corrected chi connectivity index (χ3v) is 4.28. The highest BCUT2D eigenvalue weighted by Gasteiger charge is 2.30. The van der Waals surface area contributed by atoms with Gasteiger partial charge in [-0.15, -0.1) is 0 Å². The van der Waals surface area contributed by atoms with Crippen molar-refractivity contribution in [3.8, 4) is 5.75 Å². The molecule has 2 unspecified atom stereocenters. The summed E-state index contributed by atoms with van der Waals surface area (Å²) in [5, 5.41) is 3.60. The summed E-state index contributed by atoms with van der Waals surface area (Å²) in [4.78, 5) is 2.50. The van der Waals surface area contributed by atoms with E-state index in [1.807, 2.05) is 6.07 Å². The number of nitrogens with one attached hydrogen (secondary N) is 1. The van der Waals surface area contributed by atoms with E-state index in [-0.39, 0.29) is 0 Å². The van der Waals surface area contributed by atoms with E-state index in [1.54, 1.807) is 7.11 Å². The fourth-order valence-electron chi connectivity index (χ4n) is 3.29. The van der Waals surface area contributed by atoms with Gasteiger partial charge in [0, 0.05) is 6.04 Å². The third-order valence-electron chi connectivity index (χ3n) is 4.28. The second kappa shape index (κ2) is 7.65. The molecular weight excluding hydrogens is 248 g/mol. The highest BCUT2D eigenvalue weighted by molar-refractivity contribution is 5.31. The van der Waals surface area contributed by atoms with Crippen molar-refractivity contribution < 1.29 is 4.74 Å². The van der Waals surface area contributed by atoms with Gasteiger partial charge in [-0.3, -0.25) is 4.90 Å². The van der Waals surface area contributed by atoms with Gasteiger partial charge in [0.05, 0.1) is 7.11 Å². The molecule has 0 bridgehead atoms. The van der Waals surface area contributed by atoms with Crippen molar-refractivity contribution in [1.82, 2.24) is 10.2 Å². The van der Waals surface area contributed by atoms with Crippen molar-refractivity contribution in [3.05, 3.63) is 29.8 Å². The normalized spacial score (nSPS) is 23.8. The van der Waals surface area contributed by atoms with Gasteiger partial charge >= 0.3 is 0 Å². The second-order valence-corrected chi connectivity index (χ2v) is 5.81. The average Bonchev–Trinajstić information content (AvgIpc) is 2.48. The van der Waals surface area contributed by atoms with E-state index in [0.29, 0.717) is 12.0 Å². The molecule has 1 aromatic carbocycles. The lowest BCUT2D eigenvalue weighted by Gasteiger charge is -2.40. The fraction of sp³-hybridized carbons (Fsp3) is 0.647. The Bertz CT molecular complexity index is 408. The van der Waals surface area contributed by atoms with E-state index in [0.717, 1.165) is 18.8 Å². The van der Waals surface area contributed by atoms with Crippen LogP contribution in [0.3, 0.4) is 0 Å². The van der Waals surface area contributed by atoms with Crippen LogP contribution in [0, 0.1) is 5.92 Å². The highest BCUT2D eigenvalue weighted by atomic mass is 16.5. The highest BCUT2D eigenvalue weighted by Crippen LogP contribution is 2.35. The SMILES string of the molecule is CCCNCC1CCCN(C)C1c1cccc(OC)c1. The Kier molecular flexibility index (Phi) is 5.86.